The summed E-state index contributed by atoms with van der Waals surface area (Å²) in [4.78, 5) is 1.99. The van der Waals surface area contributed by atoms with Gasteiger partial charge in [0.25, 0.3) is 0 Å². The van der Waals surface area contributed by atoms with Gasteiger partial charge in [-0.25, -0.2) is 4.39 Å². The summed E-state index contributed by atoms with van der Waals surface area (Å²) in [7, 11) is 3.81. The van der Waals surface area contributed by atoms with E-state index >= 15 is 0 Å². The molecule has 0 unspecified atom stereocenters. The van der Waals surface area contributed by atoms with Crippen molar-refractivity contribution < 1.29 is 4.39 Å². The summed E-state index contributed by atoms with van der Waals surface area (Å²) in [6, 6.07) is 5.46. The molecule has 1 aromatic rings. The fraction of sp³-hybridized carbons (Fsp3) is 0.571. The Hall–Kier alpha value is -1.09. The zero-order valence-electron chi connectivity index (χ0n) is 11.1. The molecule has 0 saturated carbocycles. The third-order valence-electron chi connectivity index (χ3n) is 2.90. The number of benzene rings is 1. The second-order valence-corrected chi connectivity index (χ2v) is 4.44. The van der Waals surface area contributed by atoms with Gasteiger partial charge in [0.1, 0.15) is 5.82 Å². The molecule has 0 bridgehead atoms. The van der Waals surface area contributed by atoms with Gasteiger partial charge in [0.15, 0.2) is 0 Å². The molecule has 0 spiro atoms. The Balaban J connectivity index is 2.63. The second-order valence-electron chi connectivity index (χ2n) is 4.44. The third-order valence-corrected chi connectivity index (χ3v) is 2.90. The number of nitrogens with zero attached hydrogens (tertiary/aromatic N) is 1. The molecular formula is C14H23FN2. The predicted octanol–water partition coefficient (Wildman–Crippen LogP) is 3.17. The van der Waals surface area contributed by atoms with Gasteiger partial charge in [-0.05, 0) is 31.2 Å². The molecule has 96 valence electrons. The lowest BCUT2D eigenvalue weighted by Crippen LogP contribution is -2.20. The van der Waals surface area contributed by atoms with Crippen LogP contribution in [0.2, 0.25) is 0 Å². The minimum atomic E-state index is -0.128. The van der Waals surface area contributed by atoms with Gasteiger partial charge in [-0.15, -0.1) is 0 Å². The molecule has 0 aliphatic rings. The van der Waals surface area contributed by atoms with Gasteiger partial charge in [-0.1, -0.05) is 25.8 Å². The van der Waals surface area contributed by atoms with Crippen LogP contribution in [0.5, 0.6) is 0 Å². The number of hydrogen-bond donors (Lipinski definition) is 1. The summed E-state index contributed by atoms with van der Waals surface area (Å²) < 4.78 is 13.9. The zero-order valence-corrected chi connectivity index (χ0v) is 11.1. The summed E-state index contributed by atoms with van der Waals surface area (Å²) in [6.07, 6.45) is 3.51. The minimum Gasteiger partial charge on any atom is -0.372 e. The Morgan fingerprint density at radius 1 is 1.29 bits per heavy atom. The average molecular weight is 238 g/mol. The molecule has 2 nitrogen and oxygen atoms in total. The average Bonchev–Trinajstić information content (AvgIpc) is 2.29. The normalized spacial score (nSPS) is 10.6. The van der Waals surface area contributed by atoms with E-state index in [0.29, 0.717) is 12.2 Å². The van der Waals surface area contributed by atoms with Crippen LogP contribution in [0.25, 0.3) is 0 Å². The third kappa shape index (κ3) is 4.35. The van der Waals surface area contributed by atoms with Crippen molar-refractivity contribution in [1.29, 1.82) is 0 Å². The number of halogens is 1. The molecule has 3 heteroatoms. The summed E-state index contributed by atoms with van der Waals surface area (Å²) >= 11 is 0. The van der Waals surface area contributed by atoms with Crippen molar-refractivity contribution in [3.05, 3.63) is 29.6 Å². The first-order chi connectivity index (χ1) is 8.19. The van der Waals surface area contributed by atoms with E-state index in [1.165, 1.54) is 12.8 Å². The number of nitrogens with one attached hydrogen (secondary N) is 1. The lowest BCUT2D eigenvalue weighted by Gasteiger charge is -2.20. The first kappa shape index (κ1) is 14.0. The Kier molecular flexibility index (Phi) is 5.98. The van der Waals surface area contributed by atoms with E-state index in [-0.39, 0.29) is 5.82 Å². The molecule has 0 atom stereocenters. The van der Waals surface area contributed by atoms with Crippen LogP contribution in [-0.2, 0) is 6.54 Å². The van der Waals surface area contributed by atoms with Crippen molar-refractivity contribution in [2.75, 3.05) is 25.5 Å². The summed E-state index contributed by atoms with van der Waals surface area (Å²) in [6.45, 7) is 3.79. The maximum Gasteiger partial charge on any atom is 0.146 e. The van der Waals surface area contributed by atoms with Crippen LogP contribution in [0.3, 0.4) is 0 Å². The van der Waals surface area contributed by atoms with Gasteiger partial charge < -0.3 is 10.2 Å². The number of hydrogen-bond acceptors (Lipinski definition) is 2. The van der Waals surface area contributed by atoms with Crippen molar-refractivity contribution >= 4 is 5.69 Å². The first-order valence-electron chi connectivity index (χ1n) is 6.33. The Bertz CT molecular complexity index is 339. The fourth-order valence-corrected chi connectivity index (χ4v) is 1.89. The maximum atomic E-state index is 13.9. The molecule has 0 saturated heterocycles. The van der Waals surface area contributed by atoms with E-state index < -0.39 is 0 Å². The summed E-state index contributed by atoms with van der Waals surface area (Å²) in [5, 5.41) is 3.02. The van der Waals surface area contributed by atoms with E-state index in [1.54, 1.807) is 6.07 Å². The first-order valence-corrected chi connectivity index (χ1v) is 6.33. The monoisotopic (exact) mass is 238 g/mol. The highest BCUT2D eigenvalue weighted by molar-refractivity contribution is 5.48. The van der Waals surface area contributed by atoms with Crippen molar-refractivity contribution in [3.63, 3.8) is 0 Å². The highest BCUT2D eigenvalue weighted by Crippen LogP contribution is 2.19. The Labute approximate surface area is 104 Å². The molecule has 0 aromatic heterocycles. The van der Waals surface area contributed by atoms with E-state index in [2.05, 4.69) is 12.2 Å². The molecule has 0 aliphatic heterocycles. The molecule has 1 aromatic carbocycles. The Morgan fingerprint density at radius 2 is 2.06 bits per heavy atom. The van der Waals surface area contributed by atoms with Crippen LogP contribution < -0.4 is 10.2 Å². The largest absolute Gasteiger partial charge is 0.372 e. The van der Waals surface area contributed by atoms with Crippen LogP contribution in [0.1, 0.15) is 31.7 Å². The molecule has 17 heavy (non-hydrogen) atoms. The van der Waals surface area contributed by atoms with Gasteiger partial charge in [-0.3, -0.25) is 0 Å². The van der Waals surface area contributed by atoms with Crippen molar-refractivity contribution in [3.8, 4) is 0 Å². The van der Waals surface area contributed by atoms with Crippen LogP contribution in [0, 0.1) is 5.82 Å². The van der Waals surface area contributed by atoms with E-state index in [0.717, 1.165) is 18.5 Å². The fourth-order valence-electron chi connectivity index (χ4n) is 1.89. The van der Waals surface area contributed by atoms with Gasteiger partial charge in [0, 0.05) is 20.1 Å². The smallest absolute Gasteiger partial charge is 0.146 e. The molecule has 0 heterocycles. The second kappa shape index (κ2) is 7.28. The number of anilines is 1. The highest BCUT2D eigenvalue weighted by atomic mass is 19.1. The zero-order chi connectivity index (χ0) is 12.7. The van der Waals surface area contributed by atoms with Gasteiger partial charge in [0.05, 0.1) is 5.69 Å². The molecular weight excluding hydrogens is 215 g/mol. The predicted molar refractivity (Wildman–Crippen MR) is 72.0 cm³/mol. The van der Waals surface area contributed by atoms with Crippen LogP contribution in [0.15, 0.2) is 18.2 Å². The molecule has 0 aliphatic carbocycles. The summed E-state index contributed by atoms with van der Waals surface area (Å²) in [5.74, 6) is -0.128. The molecule has 1 N–H and O–H groups in total. The van der Waals surface area contributed by atoms with Crippen molar-refractivity contribution in [2.45, 2.75) is 32.7 Å². The maximum absolute atomic E-state index is 13.9. The lowest BCUT2D eigenvalue weighted by atomic mass is 10.1. The SMILES string of the molecule is CCCCCN(C)c1ccc(CNC)cc1F. The minimum absolute atomic E-state index is 0.128. The molecule has 0 amide bonds. The van der Waals surface area contributed by atoms with E-state index in [9.17, 15) is 4.39 Å². The van der Waals surface area contributed by atoms with E-state index in [4.69, 9.17) is 0 Å². The molecule has 0 radical (unpaired) electrons. The molecule has 1 rings (SSSR count). The Morgan fingerprint density at radius 3 is 2.65 bits per heavy atom. The highest BCUT2D eigenvalue weighted by Gasteiger charge is 2.07. The topological polar surface area (TPSA) is 15.3 Å². The van der Waals surface area contributed by atoms with Gasteiger partial charge >= 0.3 is 0 Å². The van der Waals surface area contributed by atoms with Crippen LogP contribution in [0.4, 0.5) is 10.1 Å². The summed E-state index contributed by atoms with van der Waals surface area (Å²) in [5.41, 5.74) is 1.68. The van der Waals surface area contributed by atoms with Gasteiger partial charge in [0.2, 0.25) is 0 Å². The van der Waals surface area contributed by atoms with Crippen LogP contribution >= 0.6 is 0 Å². The quantitative estimate of drug-likeness (QED) is 0.734. The van der Waals surface area contributed by atoms with Crippen molar-refractivity contribution in [1.82, 2.24) is 5.32 Å². The number of rotatable bonds is 7. The van der Waals surface area contributed by atoms with E-state index in [1.807, 2.05) is 31.1 Å². The number of unbranched alkanes of at least 4 members (excludes halogenated alkanes) is 2. The van der Waals surface area contributed by atoms with Crippen LogP contribution in [-0.4, -0.2) is 20.6 Å². The standard InChI is InChI=1S/C14H23FN2/c1-4-5-6-9-17(3)14-8-7-12(11-16-2)10-13(14)15/h7-8,10,16H,4-6,9,11H2,1-3H3. The van der Waals surface area contributed by atoms with Gasteiger partial charge in [-0.2, -0.15) is 0 Å². The molecule has 0 fully saturated rings. The lowest BCUT2D eigenvalue weighted by molar-refractivity contribution is 0.613. The van der Waals surface area contributed by atoms with Crippen molar-refractivity contribution in [2.24, 2.45) is 0 Å².